The van der Waals surface area contributed by atoms with Crippen LogP contribution in [0.3, 0.4) is 0 Å². The molecule has 1 N–H and O–H groups in total. The zero-order chi connectivity index (χ0) is 19.5. The summed E-state index contributed by atoms with van der Waals surface area (Å²) in [6, 6.07) is 10.3. The molecule has 1 atom stereocenters. The Kier molecular flexibility index (Phi) is 5.30. The van der Waals surface area contributed by atoms with Crippen molar-refractivity contribution in [2.24, 2.45) is 0 Å². The molecule has 3 aromatic rings. The van der Waals surface area contributed by atoms with Gasteiger partial charge in [-0.05, 0) is 53.6 Å². The topological polar surface area (TPSA) is 60.5 Å². The van der Waals surface area contributed by atoms with Crippen LogP contribution in [0.2, 0.25) is 0 Å². The lowest BCUT2D eigenvalue weighted by Gasteiger charge is -2.27. The number of nitrogens with one attached hydrogen (secondary N) is 1. The first-order chi connectivity index (χ1) is 13.7. The quantitative estimate of drug-likeness (QED) is 0.625. The van der Waals surface area contributed by atoms with Crippen molar-refractivity contribution < 1.29 is 14.3 Å². The highest BCUT2D eigenvalue weighted by molar-refractivity contribution is 7.10. The van der Waals surface area contributed by atoms with E-state index in [2.05, 4.69) is 46.9 Å². The Morgan fingerprint density at radius 3 is 3.04 bits per heavy atom. The van der Waals surface area contributed by atoms with Gasteiger partial charge in [0, 0.05) is 23.5 Å². The minimum absolute atomic E-state index is 0.298. The largest absolute Gasteiger partial charge is 0.493 e. The van der Waals surface area contributed by atoms with E-state index in [9.17, 15) is 4.79 Å². The van der Waals surface area contributed by atoms with Crippen molar-refractivity contribution in [3.05, 3.63) is 64.1 Å². The summed E-state index contributed by atoms with van der Waals surface area (Å²) in [6.07, 6.45) is 4.18. The summed E-state index contributed by atoms with van der Waals surface area (Å²) < 4.78 is 10.8. The number of pyridine rings is 1. The summed E-state index contributed by atoms with van der Waals surface area (Å²) in [5.74, 6) is 0.876. The average molecular weight is 394 g/mol. The molecule has 0 saturated heterocycles. The van der Waals surface area contributed by atoms with Gasteiger partial charge in [-0.25, -0.2) is 4.79 Å². The molecule has 144 valence electrons. The molecule has 1 aromatic carbocycles. The molecule has 0 amide bonds. The van der Waals surface area contributed by atoms with E-state index in [1.54, 1.807) is 29.8 Å². The fourth-order valence-corrected chi connectivity index (χ4v) is 4.30. The summed E-state index contributed by atoms with van der Waals surface area (Å²) in [6.45, 7) is 3.52. The summed E-state index contributed by atoms with van der Waals surface area (Å²) >= 11 is 1.75. The number of hydrogen-bond acceptors (Lipinski definition) is 6. The molecule has 6 heteroatoms. The highest BCUT2D eigenvalue weighted by Gasteiger charge is 2.23. The maximum absolute atomic E-state index is 12.0. The molecule has 5 nitrogen and oxygen atoms in total. The fourth-order valence-electron chi connectivity index (χ4n) is 3.58. The molecule has 3 heterocycles. The Balaban J connectivity index is 1.55. The second-order valence-corrected chi connectivity index (χ2v) is 7.89. The Morgan fingerprint density at radius 1 is 1.36 bits per heavy atom. The number of thiophene rings is 1. The van der Waals surface area contributed by atoms with Gasteiger partial charge in [-0.3, -0.25) is 4.98 Å². The Morgan fingerprint density at radius 2 is 2.25 bits per heavy atom. The van der Waals surface area contributed by atoms with Gasteiger partial charge in [-0.2, -0.15) is 0 Å². The van der Waals surface area contributed by atoms with E-state index < -0.39 is 0 Å². The van der Waals surface area contributed by atoms with Gasteiger partial charge in [-0.15, -0.1) is 11.3 Å². The van der Waals surface area contributed by atoms with E-state index >= 15 is 0 Å². The monoisotopic (exact) mass is 394 g/mol. The number of fused-ring (bicyclic) bond motifs is 1. The number of aryl methyl sites for hydroxylation is 1. The standard InChI is InChI=1S/C22H22N2O3S/c1-14-17(7-10-28-14)15-3-4-18-16(6-9-27-21(18)11-15)12-24-20-13-23-8-5-19(20)22(25)26-2/h3-5,7-8,10-11,13,16,24H,6,9,12H2,1-2H3/t16-/m0/s1. The smallest absolute Gasteiger partial charge is 0.340 e. The molecular weight excluding hydrogens is 372 g/mol. The number of ether oxygens (including phenoxy) is 2. The van der Waals surface area contributed by atoms with Crippen molar-refractivity contribution in [2.45, 2.75) is 19.3 Å². The van der Waals surface area contributed by atoms with Crippen LogP contribution in [-0.4, -0.2) is 31.2 Å². The van der Waals surface area contributed by atoms with Crippen molar-refractivity contribution >= 4 is 23.0 Å². The molecular formula is C22H22N2O3S. The minimum atomic E-state index is -0.368. The predicted octanol–water partition coefficient (Wildman–Crippen LogP) is 4.88. The first-order valence-electron chi connectivity index (χ1n) is 9.24. The molecule has 0 unspecified atom stereocenters. The van der Waals surface area contributed by atoms with Gasteiger partial charge in [0.1, 0.15) is 5.75 Å². The minimum Gasteiger partial charge on any atom is -0.493 e. The highest BCUT2D eigenvalue weighted by Crippen LogP contribution is 2.38. The summed E-state index contributed by atoms with van der Waals surface area (Å²) in [7, 11) is 1.38. The molecule has 1 aliphatic rings. The van der Waals surface area contributed by atoms with E-state index in [0.29, 0.717) is 30.3 Å². The van der Waals surface area contributed by atoms with E-state index in [-0.39, 0.29) is 5.97 Å². The molecule has 0 fully saturated rings. The van der Waals surface area contributed by atoms with Crippen LogP contribution in [0.15, 0.2) is 48.1 Å². The number of anilines is 1. The Hall–Kier alpha value is -2.86. The first kappa shape index (κ1) is 18.5. The van der Waals surface area contributed by atoms with Gasteiger partial charge >= 0.3 is 5.97 Å². The van der Waals surface area contributed by atoms with E-state index in [4.69, 9.17) is 9.47 Å². The highest BCUT2D eigenvalue weighted by atomic mass is 32.1. The van der Waals surface area contributed by atoms with Crippen LogP contribution < -0.4 is 10.1 Å². The number of esters is 1. The van der Waals surface area contributed by atoms with Crippen LogP contribution in [0.25, 0.3) is 11.1 Å². The van der Waals surface area contributed by atoms with Gasteiger partial charge in [-0.1, -0.05) is 12.1 Å². The van der Waals surface area contributed by atoms with Crippen molar-refractivity contribution in [2.75, 3.05) is 25.6 Å². The molecule has 1 aliphatic heterocycles. The molecule has 0 saturated carbocycles. The SMILES string of the molecule is COC(=O)c1ccncc1NC[C@@H]1CCOc2cc(-c3ccsc3C)ccc21. The average Bonchev–Trinajstić information content (AvgIpc) is 3.17. The molecule has 0 bridgehead atoms. The van der Waals surface area contributed by atoms with E-state index in [1.807, 2.05) is 0 Å². The zero-order valence-electron chi connectivity index (χ0n) is 15.9. The van der Waals surface area contributed by atoms with Crippen LogP contribution >= 0.6 is 11.3 Å². The number of methoxy groups -OCH3 is 1. The van der Waals surface area contributed by atoms with Crippen LogP contribution in [0, 0.1) is 6.92 Å². The van der Waals surface area contributed by atoms with Crippen molar-refractivity contribution in [3.8, 4) is 16.9 Å². The van der Waals surface area contributed by atoms with Crippen LogP contribution in [-0.2, 0) is 4.74 Å². The van der Waals surface area contributed by atoms with Gasteiger partial charge in [0.05, 0.1) is 31.2 Å². The van der Waals surface area contributed by atoms with Crippen LogP contribution in [0.5, 0.6) is 5.75 Å². The number of aromatic nitrogens is 1. The van der Waals surface area contributed by atoms with Crippen molar-refractivity contribution in [1.82, 2.24) is 4.98 Å². The number of carbonyl (C=O) groups excluding carboxylic acids is 1. The first-order valence-corrected chi connectivity index (χ1v) is 10.1. The zero-order valence-corrected chi connectivity index (χ0v) is 16.7. The Labute approximate surface area is 168 Å². The third-order valence-electron chi connectivity index (χ3n) is 5.11. The molecule has 0 aliphatic carbocycles. The van der Waals surface area contributed by atoms with Crippen LogP contribution in [0.1, 0.15) is 33.1 Å². The van der Waals surface area contributed by atoms with Crippen molar-refractivity contribution in [1.29, 1.82) is 0 Å². The maximum Gasteiger partial charge on any atom is 0.340 e. The Bertz CT molecular complexity index is 999. The van der Waals surface area contributed by atoms with E-state index in [1.165, 1.54) is 28.7 Å². The second-order valence-electron chi connectivity index (χ2n) is 6.77. The van der Waals surface area contributed by atoms with Crippen LogP contribution in [0.4, 0.5) is 5.69 Å². The third-order valence-corrected chi connectivity index (χ3v) is 5.96. The summed E-state index contributed by atoms with van der Waals surface area (Å²) in [4.78, 5) is 17.4. The van der Waals surface area contributed by atoms with Gasteiger partial charge in [0.25, 0.3) is 0 Å². The predicted molar refractivity (Wildman–Crippen MR) is 111 cm³/mol. The number of hydrogen-bond donors (Lipinski definition) is 1. The lowest BCUT2D eigenvalue weighted by atomic mass is 9.91. The van der Waals surface area contributed by atoms with Gasteiger partial charge in [0.2, 0.25) is 0 Å². The lowest BCUT2D eigenvalue weighted by Crippen LogP contribution is -2.21. The molecule has 28 heavy (non-hydrogen) atoms. The summed E-state index contributed by atoms with van der Waals surface area (Å²) in [5, 5.41) is 5.49. The molecule has 2 aromatic heterocycles. The lowest BCUT2D eigenvalue weighted by molar-refractivity contribution is 0.0601. The molecule has 0 radical (unpaired) electrons. The van der Waals surface area contributed by atoms with Gasteiger partial charge < -0.3 is 14.8 Å². The number of nitrogens with zero attached hydrogens (tertiary/aromatic N) is 1. The fraction of sp³-hybridized carbons (Fsp3) is 0.273. The number of carbonyl (C=O) groups is 1. The number of benzene rings is 1. The molecule has 4 rings (SSSR count). The van der Waals surface area contributed by atoms with E-state index in [0.717, 1.165) is 12.2 Å². The normalized spacial score (nSPS) is 15.4. The second kappa shape index (κ2) is 8.02. The molecule has 0 spiro atoms. The van der Waals surface area contributed by atoms with Gasteiger partial charge in [0.15, 0.2) is 0 Å². The maximum atomic E-state index is 12.0. The number of rotatable bonds is 5. The van der Waals surface area contributed by atoms with Crippen molar-refractivity contribution in [3.63, 3.8) is 0 Å². The summed E-state index contributed by atoms with van der Waals surface area (Å²) in [5.41, 5.74) is 4.82. The third kappa shape index (κ3) is 3.60.